The Labute approximate surface area is 100 Å². The van der Waals surface area contributed by atoms with Crippen LogP contribution in [0.5, 0.6) is 0 Å². The van der Waals surface area contributed by atoms with Crippen LogP contribution in [0.4, 0.5) is 10.2 Å². The van der Waals surface area contributed by atoms with E-state index in [1.165, 1.54) is 11.8 Å². The van der Waals surface area contributed by atoms with E-state index in [1.807, 2.05) is 0 Å². The molecule has 6 nitrogen and oxygen atoms in total. The summed E-state index contributed by atoms with van der Waals surface area (Å²) in [5, 5.41) is 17.6. The average Bonchev–Trinajstić information content (AvgIpc) is 2.25. The van der Waals surface area contributed by atoms with E-state index >= 15 is 0 Å². The van der Waals surface area contributed by atoms with Gasteiger partial charge in [-0.15, -0.1) is 11.8 Å². The van der Waals surface area contributed by atoms with Gasteiger partial charge < -0.3 is 15.9 Å². The Kier molecular flexibility index (Phi) is 3.36. The first-order valence-electron chi connectivity index (χ1n) is 4.99. The second-order valence-electron chi connectivity index (χ2n) is 3.76. The molecule has 1 aliphatic heterocycles. The van der Waals surface area contributed by atoms with Crippen molar-refractivity contribution in [3.05, 3.63) is 22.5 Å². The van der Waals surface area contributed by atoms with E-state index in [-0.39, 0.29) is 24.4 Å². The van der Waals surface area contributed by atoms with Gasteiger partial charge in [0.2, 0.25) is 0 Å². The van der Waals surface area contributed by atoms with Gasteiger partial charge in [0.1, 0.15) is 0 Å². The van der Waals surface area contributed by atoms with Crippen LogP contribution >= 0.6 is 11.8 Å². The molecule has 0 radical (unpaired) electrons. The smallest absolute Gasteiger partial charge is 0.350 e. The molecule has 1 fully saturated rings. The Morgan fingerprint density at radius 3 is 2.82 bits per heavy atom. The van der Waals surface area contributed by atoms with Crippen molar-refractivity contribution < 1.29 is 14.6 Å². The largest absolute Gasteiger partial charge is 0.396 e. The summed E-state index contributed by atoms with van der Waals surface area (Å²) in [4.78, 5) is 14.9. The quantitative estimate of drug-likeness (QED) is 0.657. The highest BCUT2D eigenvalue weighted by Gasteiger charge is 2.42. The molecule has 1 aromatic heterocycles. The highest BCUT2D eigenvalue weighted by molar-refractivity contribution is 8.01. The summed E-state index contributed by atoms with van der Waals surface area (Å²) in [5.41, 5.74) is 4.52. The van der Waals surface area contributed by atoms with Crippen molar-refractivity contribution >= 4 is 17.6 Å². The second kappa shape index (κ2) is 4.63. The number of halogens is 1. The molecule has 1 aliphatic rings. The second-order valence-corrected chi connectivity index (χ2v) is 5.12. The van der Waals surface area contributed by atoms with E-state index in [9.17, 15) is 9.18 Å². The summed E-state index contributed by atoms with van der Waals surface area (Å²) >= 11 is 1.29. The molecule has 2 rings (SSSR count). The number of aliphatic hydroxyl groups excluding tert-OH is 2. The van der Waals surface area contributed by atoms with Gasteiger partial charge in [-0.1, -0.05) is 0 Å². The van der Waals surface area contributed by atoms with Gasteiger partial charge in [0.15, 0.2) is 11.6 Å². The van der Waals surface area contributed by atoms with E-state index in [0.717, 1.165) is 10.8 Å². The number of anilines is 1. The van der Waals surface area contributed by atoms with Crippen LogP contribution in [0.15, 0.2) is 11.0 Å². The fourth-order valence-corrected chi connectivity index (χ4v) is 3.14. The van der Waals surface area contributed by atoms with Crippen molar-refractivity contribution in [3.63, 3.8) is 0 Å². The molecule has 0 amide bonds. The van der Waals surface area contributed by atoms with Crippen LogP contribution in [0.1, 0.15) is 5.37 Å². The molecule has 3 atom stereocenters. The van der Waals surface area contributed by atoms with Crippen molar-refractivity contribution in [2.75, 3.05) is 18.9 Å². The number of aliphatic hydroxyl groups is 2. The van der Waals surface area contributed by atoms with Crippen LogP contribution in [0.3, 0.4) is 0 Å². The fourth-order valence-electron chi connectivity index (χ4n) is 1.77. The molecule has 1 saturated heterocycles. The van der Waals surface area contributed by atoms with Crippen molar-refractivity contribution in [1.82, 2.24) is 9.55 Å². The maximum absolute atomic E-state index is 13.2. The summed E-state index contributed by atoms with van der Waals surface area (Å²) in [6.07, 6.45) is 0.985. The van der Waals surface area contributed by atoms with Gasteiger partial charge in [-0.3, -0.25) is 4.57 Å². The third-order valence-electron chi connectivity index (χ3n) is 2.76. The van der Waals surface area contributed by atoms with Crippen LogP contribution in [0.2, 0.25) is 0 Å². The Morgan fingerprint density at radius 2 is 2.24 bits per heavy atom. The standard InChI is InChI=1S/C9H12FN3O3S/c10-5-1-13(9(16)12-7(5)11)8-4(2-14)6(3-15)17-8/h1,4,6,8,14-15H,2-3H2,(H2,11,12,16)/t4-,6-,8-/m1/s1. The number of rotatable bonds is 3. The van der Waals surface area contributed by atoms with E-state index in [4.69, 9.17) is 15.9 Å². The molecule has 2 heterocycles. The topological polar surface area (TPSA) is 101 Å². The number of hydrogen-bond acceptors (Lipinski definition) is 6. The zero-order valence-electron chi connectivity index (χ0n) is 8.78. The van der Waals surface area contributed by atoms with E-state index in [1.54, 1.807) is 0 Å². The summed E-state index contributed by atoms with van der Waals surface area (Å²) in [5.74, 6) is -1.49. The van der Waals surface area contributed by atoms with Gasteiger partial charge in [-0.05, 0) is 0 Å². The third kappa shape index (κ3) is 2.03. The summed E-state index contributed by atoms with van der Waals surface area (Å²) in [7, 11) is 0. The van der Waals surface area contributed by atoms with E-state index in [0.29, 0.717) is 0 Å². The van der Waals surface area contributed by atoms with Gasteiger partial charge in [0.25, 0.3) is 0 Å². The molecule has 0 aromatic carbocycles. The summed E-state index contributed by atoms with van der Waals surface area (Å²) in [6, 6.07) is 0. The number of aromatic nitrogens is 2. The van der Waals surface area contributed by atoms with Crippen molar-refractivity contribution in [2.24, 2.45) is 5.92 Å². The maximum Gasteiger partial charge on any atom is 0.350 e. The Bertz CT molecular complexity index is 481. The van der Waals surface area contributed by atoms with Gasteiger partial charge >= 0.3 is 5.69 Å². The number of nitrogens with zero attached hydrogens (tertiary/aromatic N) is 2. The molecule has 0 saturated carbocycles. The lowest BCUT2D eigenvalue weighted by molar-refractivity contribution is 0.155. The molecule has 4 N–H and O–H groups in total. The molecule has 1 aromatic rings. The first kappa shape index (κ1) is 12.3. The Morgan fingerprint density at radius 1 is 1.53 bits per heavy atom. The fraction of sp³-hybridized carbons (Fsp3) is 0.556. The maximum atomic E-state index is 13.2. The van der Waals surface area contributed by atoms with E-state index in [2.05, 4.69) is 4.98 Å². The molecular weight excluding hydrogens is 249 g/mol. The molecule has 0 aliphatic carbocycles. The minimum Gasteiger partial charge on any atom is -0.396 e. The zero-order chi connectivity index (χ0) is 12.6. The number of hydrogen-bond donors (Lipinski definition) is 3. The third-order valence-corrected chi connectivity index (χ3v) is 4.46. The van der Waals surface area contributed by atoms with Crippen molar-refractivity contribution in [2.45, 2.75) is 10.6 Å². The van der Waals surface area contributed by atoms with E-state index < -0.39 is 22.7 Å². The van der Waals surface area contributed by atoms with Gasteiger partial charge in [-0.2, -0.15) is 4.98 Å². The minimum absolute atomic E-state index is 0.0912. The molecular formula is C9H12FN3O3S. The zero-order valence-corrected chi connectivity index (χ0v) is 9.60. The van der Waals surface area contributed by atoms with Crippen molar-refractivity contribution in [1.29, 1.82) is 0 Å². The van der Waals surface area contributed by atoms with Gasteiger partial charge in [-0.25, -0.2) is 9.18 Å². The molecule has 0 spiro atoms. The van der Waals surface area contributed by atoms with Crippen LogP contribution in [-0.2, 0) is 0 Å². The molecule has 0 unspecified atom stereocenters. The lowest BCUT2D eigenvalue weighted by Gasteiger charge is -2.42. The molecule has 8 heteroatoms. The minimum atomic E-state index is -0.769. The average molecular weight is 261 g/mol. The van der Waals surface area contributed by atoms with Crippen molar-refractivity contribution in [3.8, 4) is 0 Å². The first-order chi connectivity index (χ1) is 8.08. The predicted molar refractivity (Wildman–Crippen MR) is 60.9 cm³/mol. The normalized spacial score (nSPS) is 27.8. The van der Waals surface area contributed by atoms with Crippen LogP contribution in [0, 0.1) is 11.7 Å². The SMILES string of the molecule is Nc1nc(=O)n([C@@H]2S[C@H](CO)[C@H]2CO)cc1F. The lowest BCUT2D eigenvalue weighted by Crippen LogP contribution is -2.45. The monoisotopic (exact) mass is 261 g/mol. The summed E-state index contributed by atoms with van der Waals surface area (Å²) < 4.78 is 14.3. The Balaban J connectivity index is 2.30. The van der Waals surface area contributed by atoms with Gasteiger partial charge in [0, 0.05) is 24.0 Å². The number of nitrogen functional groups attached to an aromatic ring is 1. The lowest BCUT2D eigenvalue weighted by atomic mass is 10.0. The number of nitrogens with two attached hydrogens (primary N) is 1. The Hall–Kier alpha value is -1.12. The molecule has 94 valence electrons. The van der Waals surface area contributed by atoms with Gasteiger partial charge in [0.05, 0.1) is 12.0 Å². The highest BCUT2D eigenvalue weighted by Crippen LogP contribution is 2.49. The first-order valence-corrected chi connectivity index (χ1v) is 5.94. The predicted octanol–water partition coefficient (Wildman–Crippen LogP) is -0.821. The van der Waals surface area contributed by atoms with Crippen LogP contribution < -0.4 is 11.4 Å². The van der Waals surface area contributed by atoms with Crippen LogP contribution in [0.25, 0.3) is 0 Å². The van der Waals surface area contributed by atoms with Crippen LogP contribution in [-0.4, -0.2) is 38.2 Å². The molecule has 0 bridgehead atoms. The highest BCUT2D eigenvalue weighted by atomic mass is 32.2. The summed E-state index contributed by atoms with van der Waals surface area (Å²) in [6.45, 7) is -0.270. The number of thioether (sulfide) groups is 1. The molecule has 17 heavy (non-hydrogen) atoms.